The summed E-state index contributed by atoms with van der Waals surface area (Å²) in [6, 6.07) is 2.93. The minimum atomic E-state index is -0.302. The normalized spacial score (nSPS) is 10.9. The first-order valence-electron chi connectivity index (χ1n) is 3.69. The maximum atomic E-state index is 13.2. The average molecular weight is 342 g/mol. The molecule has 0 atom stereocenters. The van der Waals surface area contributed by atoms with Gasteiger partial charge in [-0.25, -0.2) is 4.39 Å². The van der Waals surface area contributed by atoms with Crippen LogP contribution in [0.15, 0.2) is 18.3 Å². The zero-order chi connectivity index (χ0) is 10.3. The summed E-state index contributed by atoms with van der Waals surface area (Å²) in [4.78, 5) is 4.04. The van der Waals surface area contributed by atoms with Crippen molar-refractivity contribution in [3.63, 3.8) is 0 Å². The van der Waals surface area contributed by atoms with Crippen LogP contribution < -0.4 is 0 Å². The number of hydrogen-bond acceptors (Lipinski definition) is 1. The van der Waals surface area contributed by atoms with Crippen LogP contribution in [0.2, 0.25) is 10.0 Å². The Labute approximate surface area is 103 Å². The number of halogens is 4. The topological polar surface area (TPSA) is 12.9 Å². The van der Waals surface area contributed by atoms with Gasteiger partial charge in [-0.05, 0) is 34.7 Å². The van der Waals surface area contributed by atoms with Crippen LogP contribution in [0, 0.1) is 9.39 Å². The molecule has 0 unspecified atom stereocenters. The molecule has 0 N–H and O–H groups in total. The Hall–Kier alpha value is -0.130. The second kappa shape index (κ2) is 3.79. The van der Waals surface area contributed by atoms with Crippen molar-refractivity contribution in [2.24, 2.45) is 0 Å². The van der Waals surface area contributed by atoms with Crippen molar-refractivity contribution in [2.45, 2.75) is 0 Å². The predicted molar refractivity (Wildman–Crippen MR) is 64.4 cm³/mol. The Balaban J connectivity index is 2.94. The quantitative estimate of drug-likeness (QED) is 0.651. The van der Waals surface area contributed by atoms with Crippen molar-refractivity contribution in [2.75, 3.05) is 0 Å². The van der Waals surface area contributed by atoms with Crippen LogP contribution in [0.3, 0.4) is 0 Å². The van der Waals surface area contributed by atoms with Crippen LogP contribution in [0.4, 0.5) is 4.39 Å². The van der Waals surface area contributed by atoms with Gasteiger partial charge in [0.05, 0.1) is 19.1 Å². The van der Waals surface area contributed by atoms with E-state index in [-0.39, 0.29) is 5.82 Å². The van der Waals surface area contributed by atoms with Crippen LogP contribution in [-0.4, -0.2) is 4.98 Å². The van der Waals surface area contributed by atoms with Gasteiger partial charge in [0.25, 0.3) is 0 Å². The van der Waals surface area contributed by atoms with Gasteiger partial charge >= 0.3 is 0 Å². The Morgan fingerprint density at radius 1 is 1.29 bits per heavy atom. The van der Waals surface area contributed by atoms with Crippen molar-refractivity contribution in [1.29, 1.82) is 0 Å². The van der Waals surface area contributed by atoms with E-state index >= 15 is 0 Å². The van der Waals surface area contributed by atoms with E-state index in [1.165, 1.54) is 12.3 Å². The number of benzene rings is 1. The van der Waals surface area contributed by atoms with E-state index in [0.29, 0.717) is 24.5 Å². The molecule has 0 spiro atoms. The van der Waals surface area contributed by atoms with E-state index < -0.39 is 0 Å². The summed E-state index contributed by atoms with van der Waals surface area (Å²) in [5.74, 6) is -0.302. The van der Waals surface area contributed by atoms with Gasteiger partial charge in [0.2, 0.25) is 0 Å². The van der Waals surface area contributed by atoms with Gasteiger partial charge in [-0.15, -0.1) is 0 Å². The highest BCUT2D eigenvalue weighted by atomic mass is 127. The third kappa shape index (κ3) is 1.57. The molecule has 1 aromatic carbocycles. The fraction of sp³-hybridized carbons (Fsp3) is 0. The number of pyridine rings is 1. The molecule has 0 aliphatic carbocycles. The zero-order valence-electron chi connectivity index (χ0n) is 6.69. The fourth-order valence-corrected chi connectivity index (χ4v) is 2.11. The van der Waals surface area contributed by atoms with Gasteiger partial charge in [0.1, 0.15) is 5.82 Å². The van der Waals surface area contributed by atoms with Crippen LogP contribution >= 0.6 is 45.8 Å². The van der Waals surface area contributed by atoms with E-state index in [0.717, 1.165) is 0 Å². The predicted octanol–water partition coefficient (Wildman–Crippen LogP) is 4.29. The molecule has 0 fully saturated rings. The molecule has 1 nitrogen and oxygen atoms in total. The number of aromatic nitrogens is 1. The molecule has 14 heavy (non-hydrogen) atoms. The minimum absolute atomic E-state index is 0.302. The van der Waals surface area contributed by atoms with Gasteiger partial charge in [-0.2, -0.15) is 0 Å². The van der Waals surface area contributed by atoms with E-state index in [9.17, 15) is 4.39 Å². The standard InChI is InChI=1S/C9H3Cl2FIN/c10-5-3-14-9-4(7(5)11)1-2-6(12)8(9)13/h1-3H. The summed E-state index contributed by atoms with van der Waals surface area (Å²) >= 11 is 13.6. The smallest absolute Gasteiger partial charge is 0.138 e. The van der Waals surface area contributed by atoms with Crippen LogP contribution in [0.5, 0.6) is 0 Å². The number of rotatable bonds is 0. The summed E-state index contributed by atoms with van der Waals surface area (Å²) < 4.78 is 13.6. The summed E-state index contributed by atoms with van der Waals surface area (Å²) in [6.07, 6.45) is 1.42. The molecule has 0 saturated carbocycles. The van der Waals surface area contributed by atoms with Gasteiger partial charge < -0.3 is 0 Å². The molecular weight excluding hydrogens is 339 g/mol. The SMILES string of the molecule is Fc1ccc2c(Cl)c(Cl)cnc2c1I. The molecule has 2 aromatic rings. The van der Waals surface area contributed by atoms with Crippen molar-refractivity contribution in [3.05, 3.63) is 37.8 Å². The Morgan fingerprint density at radius 3 is 2.71 bits per heavy atom. The molecule has 0 aliphatic rings. The summed E-state index contributed by atoms with van der Waals surface area (Å²) in [5.41, 5.74) is 0.542. The Kier molecular flexibility index (Phi) is 2.81. The first-order chi connectivity index (χ1) is 6.61. The third-order valence-electron chi connectivity index (χ3n) is 1.82. The number of nitrogens with zero attached hydrogens (tertiary/aromatic N) is 1. The molecule has 0 radical (unpaired) electrons. The van der Waals surface area contributed by atoms with Crippen LogP contribution in [-0.2, 0) is 0 Å². The lowest BCUT2D eigenvalue weighted by atomic mass is 10.2. The Bertz CT molecular complexity index is 468. The van der Waals surface area contributed by atoms with E-state index in [4.69, 9.17) is 23.2 Å². The highest BCUT2D eigenvalue weighted by Crippen LogP contribution is 2.31. The fourth-order valence-electron chi connectivity index (χ4n) is 1.15. The number of hydrogen-bond donors (Lipinski definition) is 0. The Morgan fingerprint density at radius 2 is 2.00 bits per heavy atom. The third-order valence-corrected chi connectivity index (χ3v) is 3.64. The lowest BCUT2D eigenvalue weighted by molar-refractivity contribution is 0.622. The second-order valence-electron chi connectivity index (χ2n) is 2.68. The molecule has 72 valence electrons. The summed E-state index contributed by atoms with van der Waals surface area (Å²) in [5, 5.41) is 1.46. The molecule has 1 heterocycles. The van der Waals surface area contributed by atoms with E-state index in [2.05, 4.69) is 4.98 Å². The lowest BCUT2D eigenvalue weighted by Gasteiger charge is -2.03. The second-order valence-corrected chi connectivity index (χ2v) is 4.54. The minimum Gasteiger partial charge on any atom is -0.253 e. The van der Waals surface area contributed by atoms with Gasteiger partial charge in [0.15, 0.2) is 0 Å². The maximum Gasteiger partial charge on any atom is 0.138 e. The summed E-state index contributed by atoms with van der Waals surface area (Å²) in [6.45, 7) is 0. The van der Waals surface area contributed by atoms with Crippen molar-refractivity contribution in [3.8, 4) is 0 Å². The molecule has 0 aliphatic heterocycles. The molecule has 1 aromatic heterocycles. The summed E-state index contributed by atoms with van der Waals surface area (Å²) in [7, 11) is 0. The number of fused-ring (bicyclic) bond motifs is 1. The molecular formula is C9H3Cl2FIN. The highest BCUT2D eigenvalue weighted by Gasteiger charge is 2.10. The molecule has 0 amide bonds. The van der Waals surface area contributed by atoms with Gasteiger partial charge in [0, 0.05) is 11.6 Å². The van der Waals surface area contributed by atoms with Gasteiger partial charge in [-0.1, -0.05) is 23.2 Å². The molecule has 0 bridgehead atoms. The monoisotopic (exact) mass is 341 g/mol. The molecule has 2 rings (SSSR count). The average Bonchev–Trinajstić information content (AvgIpc) is 2.17. The van der Waals surface area contributed by atoms with Crippen molar-refractivity contribution in [1.82, 2.24) is 4.98 Å². The highest BCUT2D eigenvalue weighted by molar-refractivity contribution is 14.1. The van der Waals surface area contributed by atoms with Crippen molar-refractivity contribution < 1.29 is 4.39 Å². The van der Waals surface area contributed by atoms with E-state index in [1.54, 1.807) is 6.07 Å². The van der Waals surface area contributed by atoms with Crippen LogP contribution in [0.1, 0.15) is 0 Å². The van der Waals surface area contributed by atoms with E-state index in [1.807, 2.05) is 22.6 Å². The van der Waals surface area contributed by atoms with Crippen LogP contribution in [0.25, 0.3) is 10.9 Å². The first-order valence-corrected chi connectivity index (χ1v) is 5.52. The maximum absolute atomic E-state index is 13.2. The lowest BCUT2D eigenvalue weighted by Crippen LogP contribution is -1.88. The molecule has 0 saturated heterocycles. The van der Waals surface area contributed by atoms with Crippen molar-refractivity contribution >= 4 is 56.7 Å². The zero-order valence-corrected chi connectivity index (χ0v) is 10.4. The molecule has 5 heteroatoms. The first kappa shape index (κ1) is 10.4. The van der Waals surface area contributed by atoms with Gasteiger partial charge in [-0.3, -0.25) is 4.98 Å². The largest absolute Gasteiger partial charge is 0.253 e.